The highest BCUT2D eigenvalue weighted by molar-refractivity contribution is 6.22. The molecule has 1 N–H and O–H groups in total. The number of fused-ring (bicyclic) bond motifs is 1. The number of nitrogens with zero attached hydrogens (tertiary/aromatic N) is 1. The van der Waals surface area contributed by atoms with Crippen molar-refractivity contribution in [3.05, 3.63) is 22.9 Å². The second kappa shape index (κ2) is 3.43. The molecule has 0 amide bonds. The summed E-state index contributed by atoms with van der Waals surface area (Å²) in [6.45, 7) is 0. The molecule has 1 atom stereocenters. The molecule has 0 aromatic heterocycles. The largest absolute Gasteiger partial charge is 0.371 e. The van der Waals surface area contributed by atoms with Crippen LogP contribution in [0.3, 0.4) is 0 Å². The summed E-state index contributed by atoms with van der Waals surface area (Å²) in [5, 5.41) is 11.9. The van der Waals surface area contributed by atoms with Crippen LogP contribution in [0, 0.1) is 11.3 Å². The molecule has 1 unspecified atom stereocenters. The van der Waals surface area contributed by atoms with Crippen molar-refractivity contribution >= 4 is 11.6 Å². The Balaban J connectivity index is 2.39. The molecule has 68 valence electrons. The van der Waals surface area contributed by atoms with Crippen LogP contribution in [0.15, 0.2) is 22.9 Å². The van der Waals surface area contributed by atoms with Gasteiger partial charge in [-0.2, -0.15) is 5.26 Å². The molecule has 1 aliphatic heterocycles. The van der Waals surface area contributed by atoms with Gasteiger partial charge in [0.25, 0.3) is 0 Å². The summed E-state index contributed by atoms with van der Waals surface area (Å²) in [5.41, 5.74) is 2.87. The minimum atomic E-state index is -0.318. The number of allylic oxidation sites excluding steroid dienone is 2. The van der Waals surface area contributed by atoms with E-state index in [2.05, 4.69) is 11.4 Å². The van der Waals surface area contributed by atoms with Gasteiger partial charge in [0.2, 0.25) is 0 Å². The molecule has 0 saturated heterocycles. The molecule has 1 fully saturated rings. The van der Waals surface area contributed by atoms with E-state index in [4.69, 9.17) is 16.9 Å². The zero-order chi connectivity index (χ0) is 9.26. The van der Waals surface area contributed by atoms with Gasteiger partial charge in [0.15, 0.2) is 0 Å². The average Bonchev–Trinajstić information content (AvgIpc) is 2.18. The van der Waals surface area contributed by atoms with Gasteiger partial charge in [-0.15, -0.1) is 0 Å². The van der Waals surface area contributed by atoms with E-state index in [1.54, 1.807) is 0 Å². The summed E-state index contributed by atoms with van der Waals surface area (Å²) in [6, 6.07) is 2.20. The Morgan fingerprint density at radius 1 is 1.46 bits per heavy atom. The van der Waals surface area contributed by atoms with Crippen LogP contribution >= 0.6 is 11.6 Å². The maximum absolute atomic E-state index is 8.94. The third-order valence-electron chi connectivity index (χ3n) is 2.61. The van der Waals surface area contributed by atoms with Crippen molar-refractivity contribution in [3.8, 4) is 6.07 Å². The van der Waals surface area contributed by atoms with Gasteiger partial charge in [0.05, 0.1) is 11.6 Å². The van der Waals surface area contributed by atoms with Crippen LogP contribution in [0.2, 0.25) is 0 Å². The van der Waals surface area contributed by atoms with Crippen molar-refractivity contribution in [1.82, 2.24) is 5.32 Å². The molecule has 0 aromatic carbocycles. The highest BCUT2D eigenvalue weighted by atomic mass is 35.5. The molecule has 0 radical (unpaired) electrons. The lowest BCUT2D eigenvalue weighted by molar-refractivity contribution is 0.650. The number of halogens is 1. The molecular formula is C10H11ClN2. The molecule has 2 rings (SSSR count). The van der Waals surface area contributed by atoms with E-state index in [1.165, 1.54) is 24.0 Å². The first-order valence-electron chi connectivity index (χ1n) is 4.55. The van der Waals surface area contributed by atoms with Crippen LogP contribution in [-0.2, 0) is 0 Å². The Hall–Kier alpha value is -0.940. The van der Waals surface area contributed by atoms with Gasteiger partial charge < -0.3 is 5.32 Å². The molecule has 2 nitrogen and oxygen atoms in total. The molecule has 1 saturated carbocycles. The first-order chi connectivity index (χ1) is 6.33. The van der Waals surface area contributed by atoms with Crippen molar-refractivity contribution in [1.29, 1.82) is 5.26 Å². The van der Waals surface area contributed by atoms with E-state index >= 15 is 0 Å². The summed E-state index contributed by atoms with van der Waals surface area (Å²) in [4.78, 5) is 0. The van der Waals surface area contributed by atoms with Gasteiger partial charge in [-0.25, -0.2) is 0 Å². The SMILES string of the molecule is N#CC1=C2CCCCC2=CNC1Cl. The standard InChI is InChI=1S/C10H11ClN2/c11-10-9(5-12)8-4-2-1-3-7(8)6-13-10/h6,10,13H,1-4H2. The van der Waals surface area contributed by atoms with Crippen LogP contribution in [-0.4, -0.2) is 5.50 Å². The van der Waals surface area contributed by atoms with Gasteiger partial charge in [0, 0.05) is 6.20 Å². The second-order valence-corrected chi connectivity index (χ2v) is 3.85. The maximum Gasteiger partial charge on any atom is 0.137 e. The minimum Gasteiger partial charge on any atom is -0.371 e. The number of nitriles is 1. The number of hydrogen-bond donors (Lipinski definition) is 1. The van der Waals surface area contributed by atoms with Gasteiger partial charge in [0.1, 0.15) is 5.50 Å². The second-order valence-electron chi connectivity index (χ2n) is 3.41. The van der Waals surface area contributed by atoms with Gasteiger partial charge in [-0.05, 0) is 36.8 Å². The Bertz CT molecular complexity index is 322. The number of rotatable bonds is 0. The number of nitrogens with one attached hydrogen (secondary N) is 1. The van der Waals surface area contributed by atoms with E-state index in [-0.39, 0.29) is 5.50 Å². The molecule has 1 aliphatic carbocycles. The quantitative estimate of drug-likeness (QED) is 0.475. The molecule has 0 bridgehead atoms. The van der Waals surface area contributed by atoms with Crippen molar-refractivity contribution in [2.24, 2.45) is 0 Å². The lowest BCUT2D eigenvalue weighted by Crippen LogP contribution is -2.27. The fourth-order valence-electron chi connectivity index (χ4n) is 1.93. The number of hydrogen-bond acceptors (Lipinski definition) is 2. The molecule has 0 spiro atoms. The summed E-state index contributed by atoms with van der Waals surface area (Å²) in [5.74, 6) is 0. The predicted molar refractivity (Wildman–Crippen MR) is 52.0 cm³/mol. The zero-order valence-corrected chi connectivity index (χ0v) is 8.06. The van der Waals surface area contributed by atoms with Crippen molar-refractivity contribution in [2.45, 2.75) is 31.2 Å². The monoisotopic (exact) mass is 194 g/mol. The van der Waals surface area contributed by atoms with Gasteiger partial charge in [-0.3, -0.25) is 0 Å². The van der Waals surface area contributed by atoms with Crippen LogP contribution in [0.4, 0.5) is 0 Å². The highest BCUT2D eigenvalue weighted by Gasteiger charge is 2.24. The van der Waals surface area contributed by atoms with E-state index in [1.807, 2.05) is 6.20 Å². The molecule has 13 heavy (non-hydrogen) atoms. The summed E-state index contributed by atoms with van der Waals surface area (Å²) >= 11 is 5.97. The van der Waals surface area contributed by atoms with Crippen LogP contribution in [0.5, 0.6) is 0 Å². The molecule has 3 heteroatoms. The van der Waals surface area contributed by atoms with Crippen LogP contribution in [0.25, 0.3) is 0 Å². The summed E-state index contributed by atoms with van der Waals surface area (Å²) < 4.78 is 0. The van der Waals surface area contributed by atoms with Crippen molar-refractivity contribution in [3.63, 3.8) is 0 Å². The minimum absolute atomic E-state index is 0.318. The Morgan fingerprint density at radius 3 is 3.00 bits per heavy atom. The van der Waals surface area contributed by atoms with Gasteiger partial charge in [-0.1, -0.05) is 11.6 Å². The summed E-state index contributed by atoms with van der Waals surface area (Å²) in [7, 11) is 0. The molecule has 1 heterocycles. The van der Waals surface area contributed by atoms with Crippen LogP contribution < -0.4 is 5.32 Å². The molecule has 0 aromatic rings. The van der Waals surface area contributed by atoms with Crippen LogP contribution in [0.1, 0.15) is 25.7 Å². The predicted octanol–water partition coefficient (Wildman–Crippen LogP) is 2.43. The first-order valence-corrected chi connectivity index (χ1v) is 4.99. The third kappa shape index (κ3) is 1.45. The normalized spacial score (nSPS) is 27.1. The molecular weight excluding hydrogens is 184 g/mol. The van der Waals surface area contributed by atoms with Crippen molar-refractivity contribution in [2.75, 3.05) is 0 Å². The number of alkyl halides is 1. The highest BCUT2D eigenvalue weighted by Crippen LogP contribution is 2.34. The van der Waals surface area contributed by atoms with E-state index in [0.717, 1.165) is 18.4 Å². The maximum atomic E-state index is 8.94. The lowest BCUT2D eigenvalue weighted by atomic mass is 9.85. The summed E-state index contributed by atoms with van der Waals surface area (Å²) in [6.07, 6.45) is 6.47. The number of dihydropyridines is 1. The molecule has 2 aliphatic rings. The Kier molecular flexibility index (Phi) is 2.28. The fraction of sp³-hybridized carbons (Fsp3) is 0.500. The van der Waals surface area contributed by atoms with Gasteiger partial charge >= 0.3 is 0 Å². The van der Waals surface area contributed by atoms with E-state index in [0.29, 0.717) is 0 Å². The topological polar surface area (TPSA) is 35.8 Å². The fourth-order valence-corrected chi connectivity index (χ4v) is 2.17. The Morgan fingerprint density at radius 2 is 2.23 bits per heavy atom. The van der Waals surface area contributed by atoms with E-state index in [9.17, 15) is 0 Å². The van der Waals surface area contributed by atoms with E-state index < -0.39 is 0 Å². The lowest BCUT2D eigenvalue weighted by Gasteiger charge is -2.26. The Labute approximate surface area is 82.9 Å². The zero-order valence-electron chi connectivity index (χ0n) is 7.31. The third-order valence-corrected chi connectivity index (χ3v) is 2.96. The van der Waals surface area contributed by atoms with Crippen molar-refractivity contribution < 1.29 is 0 Å². The average molecular weight is 195 g/mol. The smallest absolute Gasteiger partial charge is 0.137 e. The first kappa shape index (κ1) is 8.65.